The Bertz CT molecular complexity index is 442. The molecule has 0 aliphatic rings. The number of aliphatic carboxylic acids is 1. The summed E-state index contributed by atoms with van der Waals surface area (Å²) in [7, 11) is 1.69. The molecular weight excluding hydrogens is 230 g/mol. The molecule has 0 aromatic heterocycles. The molecule has 1 aromatic carbocycles. The Morgan fingerprint density at radius 1 is 1.39 bits per heavy atom. The van der Waals surface area contributed by atoms with Crippen LogP contribution < -0.4 is 0 Å². The molecule has 0 saturated carbocycles. The maximum Gasteiger partial charge on any atom is 0.306 e. The number of hydrogen-bond donors (Lipinski definition) is 1. The third-order valence-corrected chi connectivity index (χ3v) is 2.83. The van der Waals surface area contributed by atoms with E-state index >= 15 is 0 Å². The number of hydrogen-bond acceptors (Lipinski definition) is 2. The van der Waals surface area contributed by atoms with Crippen LogP contribution >= 0.6 is 0 Å². The first-order valence-electron chi connectivity index (χ1n) is 5.92. The van der Waals surface area contributed by atoms with Crippen LogP contribution in [0.15, 0.2) is 24.3 Å². The molecule has 0 saturated heterocycles. The van der Waals surface area contributed by atoms with Gasteiger partial charge in [-0.2, -0.15) is 0 Å². The van der Waals surface area contributed by atoms with Gasteiger partial charge in [0.05, 0.1) is 5.92 Å². The van der Waals surface area contributed by atoms with Crippen molar-refractivity contribution >= 4 is 11.9 Å². The Kier molecular flexibility index (Phi) is 4.89. The van der Waals surface area contributed by atoms with E-state index in [9.17, 15) is 9.59 Å². The molecule has 4 nitrogen and oxygen atoms in total. The topological polar surface area (TPSA) is 57.6 Å². The fraction of sp³-hybridized carbons (Fsp3) is 0.429. The Labute approximate surface area is 107 Å². The molecular formula is C14H19NO3. The lowest BCUT2D eigenvalue weighted by atomic mass is 10.1. The Morgan fingerprint density at radius 2 is 2.06 bits per heavy atom. The van der Waals surface area contributed by atoms with E-state index in [1.54, 1.807) is 18.9 Å². The molecule has 1 atom stereocenters. The van der Waals surface area contributed by atoms with Crippen molar-refractivity contribution in [1.29, 1.82) is 0 Å². The van der Waals surface area contributed by atoms with Gasteiger partial charge in [0.1, 0.15) is 0 Å². The summed E-state index contributed by atoms with van der Waals surface area (Å²) in [5, 5.41) is 8.77. The summed E-state index contributed by atoms with van der Waals surface area (Å²) in [5.41, 5.74) is 2.20. The number of carbonyl (C=O) groups is 2. The molecule has 18 heavy (non-hydrogen) atoms. The predicted molar refractivity (Wildman–Crippen MR) is 69.1 cm³/mol. The second-order valence-corrected chi connectivity index (χ2v) is 4.68. The summed E-state index contributed by atoms with van der Waals surface area (Å²) in [6.45, 7) is 4.05. The van der Waals surface area contributed by atoms with E-state index < -0.39 is 11.9 Å². The molecule has 0 fully saturated rings. The third kappa shape index (κ3) is 4.20. The van der Waals surface area contributed by atoms with Crippen LogP contribution in [0.3, 0.4) is 0 Å². The minimum Gasteiger partial charge on any atom is -0.481 e. The lowest BCUT2D eigenvalue weighted by Gasteiger charge is -2.18. The number of carbonyl (C=O) groups excluding carboxylic acids is 1. The highest BCUT2D eigenvalue weighted by molar-refractivity contribution is 5.81. The standard InChI is InChI=1S/C14H19NO3/c1-10-5-4-6-12(7-10)9-15(3)13(16)8-11(2)14(17)18/h4-7,11H,8-9H2,1-3H3,(H,17,18). The highest BCUT2D eigenvalue weighted by atomic mass is 16.4. The van der Waals surface area contributed by atoms with Crippen LogP contribution in [0, 0.1) is 12.8 Å². The van der Waals surface area contributed by atoms with Crippen LogP contribution in [0.5, 0.6) is 0 Å². The maximum absolute atomic E-state index is 11.8. The van der Waals surface area contributed by atoms with Gasteiger partial charge in [0.25, 0.3) is 0 Å². The fourth-order valence-electron chi connectivity index (χ4n) is 1.68. The van der Waals surface area contributed by atoms with Crippen LogP contribution in [0.1, 0.15) is 24.5 Å². The molecule has 1 amide bonds. The first-order valence-corrected chi connectivity index (χ1v) is 5.92. The van der Waals surface area contributed by atoms with Crippen molar-refractivity contribution in [2.24, 2.45) is 5.92 Å². The van der Waals surface area contributed by atoms with Gasteiger partial charge in [-0.1, -0.05) is 36.8 Å². The minimum atomic E-state index is -0.938. The SMILES string of the molecule is Cc1cccc(CN(C)C(=O)CC(C)C(=O)O)c1. The van der Waals surface area contributed by atoms with E-state index in [-0.39, 0.29) is 12.3 Å². The van der Waals surface area contributed by atoms with E-state index in [1.165, 1.54) is 0 Å². The number of carboxylic acids is 1. The quantitative estimate of drug-likeness (QED) is 0.869. The lowest BCUT2D eigenvalue weighted by molar-refractivity contribution is -0.145. The number of benzene rings is 1. The number of amides is 1. The van der Waals surface area contributed by atoms with E-state index in [0.29, 0.717) is 6.54 Å². The first kappa shape index (κ1) is 14.2. The van der Waals surface area contributed by atoms with Crippen molar-refractivity contribution in [3.05, 3.63) is 35.4 Å². The van der Waals surface area contributed by atoms with Crippen LogP contribution in [-0.4, -0.2) is 28.9 Å². The van der Waals surface area contributed by atoms with Gasteiger partial charge in [0, 0.05) is 20.0 Å². The van der Waals surface area contributed by atoms with Crippen LogP contribution in [0.4, 0.5) is 0 Å². The molecule has 0 radical (unpaired) electrons. The van der Waals surface area contributed by atoms with Gasteiger partial charge >= 0.3 is 5.97 Å². The lowest BCUT2D eigenvalue weighted by Crippen LogP contribution is -2.29. The molecule has 1 unspecified atom stereocenters. The summed E-state index contributed by atoms with van der Waals surface area (Å²) in [6, 6.07) is 7.92. The number of aryl methyl sites for hydroxylation is 1. The zero-order valence-electron chi connectivity index (χ0n) is 11.0. The van der Waals surface area contributed by atoms with Gasteiger partial charge in [-0.3, -0.25) is 9.59 Å². The second kappa shape index (κ2) is 6.19. The summed E-state index contributed by atoms with van der Waals surface area (Å²) in [6.07, 6.45) is 0.0393. The van der Waals surface area contributed by atoms with Gasteiger partial charge < -0.3 is 10.0 Å². The Balaban J connectivity index is 2.57. The molecule has 1 rings (SSSR count). The minimum absolute atomic E-state index is 0.0393. The number of carboxylic acid groups (broad SMARTS) is 1. The largest absolute Gasteiger partial charge is 0.481 e. The highest BCUT2D eigenvalue weighted by Gasteiger charge is 2.18. The molecule has 4 heteroatoms. The molecule has 0 heterocycles. The number of rotatable bonds is 5. The van der Waals surface area contributed by atoms with E-state index in [1.807, 2.05) is 31.2 Å². The van der Waals surface area contributed by atoms with Crippen molar-refractivity contribution in [3.8, 4) is 0 Å². The summed E-state index contributed by atoms with van der Waals surface area (Å²) in [4.78, 5) is 24.1. The van der Waals surface area contributed by atoms with Crippen molar-refractivity contribution in [2.45, 2.75) is 26.8 Å². The maximum atomic E-state index is 11.8. The number of nitrogens with zero attached hydrogens (tertiary/aromatic N) is 1. The molecule has 1 aromatic rings. The first-order chi connectivity index (χ1) is 8.40. The van der Waals surface area contributed by atoms with E-state index in [2.05, 4.69) is 0 Å². The monoisotopic (exact) mass is 249 g/mol. The van der Waals surface area contributed by atoms with E-state index in [4.69, 9.17) is 5.11 Å². The molecule has 0 aliphatic heterocycles. The Hall–Kier alpha value is -1.84. The van der Waals surface area contributed by atoms with Gasteiger partial charge in [-0.15, -0.1) is 0 Å². The normalized spacial score (nSPS) is 11.9. The highest BCUT2D eigenvalue weighted by Crippen LogP contribution is 2.10. The average Bonchev–Trinajstić information content (AvgIpc) is 2.28. The van der Waals surface area contributed by atoms with Crippen molar-refractivity contribution in [3.63, 3.8) is 0 Å². The fourth-order valence-corrected chi connectivity index (χ4v) is 1.68. The van der Waals surface area contributed by atoms with Gasteiger partial charge in [-0.05, 0) is 12.5 Å². The summed E-state index contributed by atoms with van der Waals surface area (Å²) >= 11 is 0. The average molecular weight is 249 g/mol. The van der Waals surface area contributed by atoms with Gasteiger partial charge in [-0.25, -0.2) is 0 Å². The van der Waals surface area contributed by atoms with Gasteiger partial charge in [0.2, 0.25) is 5.91 Å². The smallest absolute Gasteiger partial charge is 0.306 e. The predicted octanol–water partition coefficient (Wildman–Crippen LogP) is 2.06. The van der Waals surface area contributed by atoms with Crippen molar-refractivity contribution in [2.75, 3.05) is 7.05 Å². The third-order valence-electron chi connectivity index (χ3n) is 2.83. The molecule has 1 N–H and O–H groups in total. The van der Waals surface area contributed by atoms with Crippen molar-refractivity contribution < 1.29 is 14.7 Å². The molecule has 0 spiro atoms. The summed E-state index contributed by atoms with van der Waals surface area (Å²) < 4.78 is 0. The molecule has 0 bridgehead atoms. The second-order valence-electron chi connectivity index (χ2n) is 4.68. The molecule has 0 aliphatic carbocycles. The van der Waals surface area contributed by atoms with Crippen LogP contribution in [-0.2, 0) is 16.1 Å². The Morgan fingerprint density at radius 3 is 2.61 bits per heavy atom. The van der Waals surface area contributed by atoms with Crippen LogP contribution in [0.2, 0.25) is 0 Å². The molecule has 98 valence electrons. The van der Waals surface area contributed by atoms with Gasteiger partial charge in [0.15, 0.2) is 0 Å². The summed E-state index contributed by atoms with van der Waals surface area (Å²) in [5.74, 6) is -1.73. The zero-order valence-corrected chi connectivity index (χ0v) is 11.0. The van der Waals surface area contributed by atoms with Crippen molar-refractivity contribution in [1.82, 2.24) is 4.90 Å². The van der Waals surface area contributed by atoms with Crippen LogP contribution in [0.25, 0.3) is 0 Å². The zero-order chi connectivity index (χ0) is 13.7. The van der Waals surface area contributed by atoms with E-state index in [0.717, 1.165) is 11.1 Å².